The molecule has 2 fully saturated rings. The quantitative estimate of drug-likeness (QED) is 0.461. The summed E-state index contributed by atoms with van der Waals surface area (Å²) in [7, 11) is 0. The zero-order valence-corrected chi connectivity index (χ0v) is 21.8. The number of hydrogen-bond acceptors (Lipinski definition) is 5. The largest absolute Gasteiger partial charge is 0.276 e. The molecule has 1 N–H and O–H groups in total. The fourth-order valence-electron chi connectivity index (χ4n) is 3.69. The van der Waals surface area contributed by atoms with E-state index >= 15 is 0 Å². The summed E-state index contributed by atoms with van der Waals surface area (Å²) in [6, 6.07) is 7.67. The van der Waals surface area contributed by atoms with E-state index in [1.54, 1.807) is 25.1 Å². The predicted molar refractivity (Wildman–Crippen MR) is 139 cm³/mol. The fourth-order valence-corrected chi connectivity index (χ4v) is 5.68. The molecule has 12 heteroatoms. The summed E-state index contributed by atoms with van der Waals surface area (Å²) >= 11 is 26.4. The Labute approximate surface area is 220 Å². The Kier molecular flexibility index (Phi) is 7.36. The topological polar surface area (TPSA) is 82.1 Å². The number of thioether (sulfide) groups is 1. The van der Waals surface area contributed by atoms with Crippen LogP contribution in [0.1, 0.15) is 20.3 Å². The minimum atomic E-state index is -0.678. The van der Waals surface area contributed by atoms with E-state index in [0.717, 1.165) is 4.90 Å². The molecule has 0 spiro atoms. The van der Waals surface area contributed by atoms with Gasteiger partial charge in [0.1, 0.15) is 16.8 Å². The van der Waals surface area contributed by atoms with Crippen LogP contribution < -0.4 is 15.3 Å². The number of halogens is 4. The van der Waals surface area contributed by atoms with Gasteiger partial charge in [-0.15, -0.1) is 11.8 Å². The second-order valence-corrected chi connectivity index (χ2v) is 10.7. The van der Waals surface area contributed by atoms with Crippen LogP contribution in [0.3, 0.4) is 0 Å². The molecule has 178 valence electrons. The zero-order chi connectivity index (χ0) is 24.7. The number of aliphatic imine (C=N–C) groups is 1. The van der Waals surface area contributed by atoms with Gasteiger partial charge in [0.05, 0.1) is 26.4 Å². The van der Waals surface area contributed by atoms with Gasteiger partial charge in [0.2, 0.25) is 11.8 Å². The van der Waals surface area contributed by atoms with E-state index in [1.807, 2.05) is 6.92 Å². The molecular formula is C22H18Cl4N4O3S. The average molecular weight is 560 g/mol. The number of amides is 3. The van der Waals surface area contributed by atoms with Crippen LogP contribution >= 0.6 is 58.2 Å². The first kappa shape index (κ1) is 25.1. The number of anilines is 2. The molecule has 7 nitrogen and oxygen atoms in total. The number of nitrogens with one attached hydrogen (secondary N) is 1. The summed E-state index contributed by atoms with van der Waals surface area (Å²) in [6.07, 6.45) is 0.147. The zero-order valence-electron chi connectivity index (χ0n) is 17.9. The molecule has 34 heavy (non-hydrogen) atoms. The first-order valence-electron chi connectivity index (χ1n) is 10.2. The maximum atomic E-state index is 13.2. The van der Waals surface area contributed by atoms with Crippen molar-refractivity contribution in [2.75, 3.05) is 15.7 Å². The van der Waals surface area contributed by atoms with Gasteiger partial charge in [-0.25, -0.2) is 10.0 Å². The third-order valence-electron chi connectivity index (χ3n) is 5.26. The van der Waals surface area contributed by atoms with Crippen LogP contribution in [0, 0.1) is 5.92 Å². The maximum absolute atomic E-state index is 13.2. The third kappa shape index (κ3) is 4.62. The van der Waals surface area contributed by atoms with Gasteiger partial charge in [-0.3, -0.25) is 24.7 Å². The molecule has 0 radical (unpaired) electrons. The SMILES string of the molecule is CCSC1C(=O)N(c2c(Cl)cc(Cl)cc2Cl)NC1=Nc1cc(N2C(=O)CC(C)C2=O)ccc1Cl. The summed E-state index contributed by atoms with van der Waals surface area (Å²) in [5, 5.41) is 1.57. The molecule has 2 saturated heterocycles. The van der Waals surface area contributed by atoms with Gasteiger partial charge >= 0.3 is 0 Å². The Balaban J connectivity index is 1.74. The molecule has 2 atom stereocenters. The second-order valence-electron chi connectivity index (χ2n) is 7.64. The summed E-state index contributed by atoms with van der Waals surface area (Å²) in [4.78, 5) is 43.8. The Bertz CT molecular complexity index is 1220. The van der Waals surface area contributed by atoms with E-state index in [9.17, 15) is 14.4 Å². The van der Waals surface area contributed by atoms with Gasteiger partial charge in [0, 0.05) is 17.4 Å². The predicted octanol–water partition coefficient (Wildman–Crippen LogP) is 5.90. The van der Waals surface area contributed by atoms with Crippen LogP contribution in [-0.4, -0.2) is 34.6 Å². The van der Waals surface area contributed by atoms with Gasteiger partial charge in [-0.1, -0.05) is 60.3 Å². The van der Waals surface area contributed by atoms with Crippen LogP contribution in [0.15, 0.2) is 35.3 Å². The van der Waals surface area contributed by atoms with Crippen molar-refractivity contribution in [3.8, 4) is 0 Å². The maximum Gasteiger partial charge on any atom is 0.266 e. The van der Waals surface area contributed by atoms with Crippen molar-refractivity contribution in [2.45, 2.75) is 25.5 Å². The lowest BCUT2D eigenvalue weighted by Crippen LogP contribution is -2.36. The molecule has 0 aliphatic carbocycles. The standard InChI is InChI=1S/C22H18Cl4N4O3S/c1-3-34-19-20(28-30(22(19)33)18-14(25)7-11(23)8-15(18)26)27-16-9-12(4-5-13(16)24)29-17(31)6-10(2)21(29)32/h4-5,7-10,19H,3,6H2,1-2H3,(H,27,28). The molecule has 3 amide bonds. The van der Waals surface area contributed by atoms with Crippen LogP contribution in [0.25, 0.3) is 0 Å². The van der Waals surface area contributed by atoms with Gasteiger partial charge in [0.15, 0.2) is 0 Å². The highest BCUT2D eigenvalue weighted by atomic mass is 35.5. The Morgan fingerprint density at radius 2 is 1.71 bits per heavy atom. The number of carbonyl (C=O) groups excluding carboxylic acids is 3. The van der Waals surface area contributed by atoms with Gasteiger partial charge < -0.3 is 0 Å². The number of amidine groups is 1. The Morgan fingerprint density at radius 3 is 2.29 bits per heavy atom. The molecule has 0 bridgehead atoms. The smallest absolute Gasteiger partial charge is 0.266 e. The normalized spacial score (nSPS) is 21.7. The lowest BCUT2D eigenvalue weighted by molar-refractivity contribution is -0.122. The monoisotopic (exact) mass is 558 g/mol. The number of hydrogen-bond donors (Lipinski definition) is 1. The van der Waals surface area contributed by atoms with E-state index < -0.39 is 5.25 Å². The molecule has 2 aliphatic heterocycles. The van der Waals surface area contributed by atoms with Crippen molar-refractivity contribution in [1.29, 1.82) is 0 Å². The number of rotatable bonds is 5. The lowest BCUT2D eigenvalue weighted by atomic mass is 10.1. The van der Waals surface area contributed by atoms with Crippen LogP contribution in [0.4, 0.5) is 17.1 Å². The van der Waals surface area contributed by atoms with Gasteiger partial charge in [-0.2, -0.15) is 0 Å². The number of carbonyl (C=O) groups is 3. The van der Waals surface area contributed by atoms with Crippen molar-refractivity contribution in [3.63, 3.8) is 0 Å². The van der Waals surface area contributed by atoms with Crippen LogP contribution in [0.2, 0.25) is 20.1 Å². The van der Waals surface area contributed by atoms with E-state index in [1.165, 1.54) is 28.9 Å². The average Bonchev–Trinajstić information content (AvgIpc) is 3.19. The highest BCUT2D eigenvalue weighted by Gasteiger charge is 2.41. The number of hydrazine groups is 1. The molecule has 0 saturated carbocycles. The van der Waals surface area contributed by atoms with Crippen molar-refractivity contribution < 1.29 is 14.4 Å². The molecule has 2 aromatic rings. The Hall–Kier alpha value is -1.97. The van der Waals surface area contributed by atoms with Gasteiger partial charge in [-0.05, 0) is 36.1 Å². The lowest BCUT2D eigenvalue weighted by Gasteiger charge is -2.19. The summed E-state index contributed by atoms with van der Waals surface area (Å²) in [6.45, 7) is 3.62. The van der Waals surface area contributed by atoms with Crippen LogP contribution in [0.5, 0.6) is 0 Å². The summed E-state index contributed by atoms with van der Waals surface area (Å²) in [5.41, 5.74) is 3.90. The Morgan fingerprint density at radius 1 is 1.03 bits per heavy atom. The van der Waals surface area contributed by atoms with Gasteiger partial charge in [0.25, 0.3) is 5.91 Å². The number of imide groups is 1. The highest BCUT2D eigenvalue weighted by Crippen LogP contribution is 2.39. The van der Waals surface area contributed by atoms with Crippen molar-refractivity contribution in [3.05, 3.63) is 50.4 Å². The van der Waals surface area contributed by atoms with E-state index in [0.29, 0.717) is 33.0 Å². The summed E-state index contributed by atoms with van der Waals surface area (Å²) in [5.74, 6) is -0.328. The number of nitrogens with zero attached hydrogens (tertiary/aromatic N) is 3. The fraction of sp³-hybridized carbons (Fsp3) is 0.273. The van der Waals surface area contributed by atoms with Crippen molar-refractivity contribution in [2.24, 2.45) is 10.9 Å². The minimum Gasteiger partial charge on any atom is -0.276 e. The molecule has 4 rings (SSSR count). The second kappa shape index (κ2) is 9.95. The van der Waals surface area contributed by atoms with E-state index in [-0.39, 0.29) is 45.8 Å². The molecule has 2 heterocycles. The first-order chi connectivity index (χ1) is 16.1. The molecule has 2 aromatic carbocycles. The van der Waals surface area contributed by atoms with Crippen LogP contribution in [-0.2, 0) is 14.4 Å². The number of benzene rings is 2. The third-order valence-corrected chi connectivity index (χ3v) is 7.46. The molecular weight excluding hydrogens is 542 g/mol. The molecule has 2 aliphatic rings. The molecule has 2 unspecified atom stereocenters. The summed E-state index contributed by atoms with van der Waals surface area (Å²) < 4.78 is 0. The highest BCUT2D eigenvalue weighted by molar-refractivity contribution is 8.01. The molecule has 0 aromatic heterocycles. The van der Waals surface area contributed by atoms with Crippen molar-refractivity contribution >= 4 is 98.8 Å². The van der Waals surface area contributed by atoms with Crippen molar-refractivity contribution in [1.82, 2.24) is 5.43 Å². The van der Waals surface area contributed by atoms with E-state index in [2.05, 4.69) is 10.4 Å². The first-order valence-corrected chi connectivity index (χ1v) is 12.8. The minimum absolute atomic E-state index is 0.147. The van der Waals surface area contributed by atoms with E-state index in [4.69, 9.17) is 46.4 Å².